The summed E-state index contributed by atoms with van der Waals surface area (Å²) in [7, 11) is 0. The smallest absolute Gasteiger partial charge is 0.342 e. The van der Waals surface area contributed by atoms with Crippen molar-refractivity contribution in [2.75, 3.05) is 10.2 Å². The van der Waals surface area contributed by atoms with Crippen molar-refractivity contribution < 1.29 is 13.2 Å². The van der Waals surface area contributed by atoms with E-state index in [0.29, 0.717) is 16.5 Å². The Morgan fingerprint density at radius 2 is 1.72 bits per heavy atom. The van der Waals surface area contributed by atoms with Crippen LogP contribution in [0.2, 0.25) is 5.02 Å². The molecule has 0 amide bonds. The molecule has 1 aliphatic carbocycles. The topological polar surface area (TPSA) is 27.6 Å². The van der Waals surface area contributed by atoms with Crippen molar-refractivity contribution in [3.05, 3.63) is 59.1 Å². The summed E-state index contributed by atoms with van der Waals surface area (Å²) in [5.74, 6) is 0.682. The Morgan fingerprint density at radius 1 is 1.03 bits per heavy atom. The molecule has 8 heteroatoms. The molecule has 1 saturated carbocycles. The molecule has 0 aromatic heterocycles. The number of amidine groups is 1. The van der Waals surface area contributed by atoms with E-state index in [2.05, 4.69) is 10.3 Å². The van der Waals surface area contributed by atoms with Crippen LogP contribution in [0.3, 0.4) is 0 Å². The number of anilines is 2. The number of thiocarbonyl (C=S) groups is 1. The van der Waals surface area contributed by atoms with E-state index in [-0.39, 0.29) is 5.11 Å². The molecule has 3 nitrogen and oxygen atoms in total. The lowest BCUT2D eigenvalue weighted by Gasteiger charge is -2.43. The largest absolute Gasteiger partial charge is 0.416 e. The van der Waals surface area contributed by atoms with Crippen molar-refractivity contribution in [1.29, 1.82) is 0 Å². The molecule has 0 unspecified atom stereocenters. The van der Waals surface area contributed by atoms with E-state index in [9.17, 15) is 13.2 Å². The summed E-state index contributed by atoms with van der Waals surface area (Å²) in [5, 5.41) is 4.25. The van der Waals surface area contributed by atoms with Crippen LogP contribution in [0, 0.1) is 0 Å². The fourth-order valence-corrected chi connectivity index (χ4v) is 4.63. The van der Waals surface area contributed by atoms with Gasteiger partial charge in [0.15, 0.2) is 0 Å². The normalized spacial score (nSPS) is 18.8. The van der Waals surface area contributed by atoms with Crippen molar-refractivity contribution in [2.45, 2.75) is 43.8 Å². The van der Waals surface area contributed by atoms with Crippen molar-refractivity contribution in [2.24, 2.45) is 4.99 Å². The first-order valence-corrected chi connectivity index (χ1v) is 10.2. The van der Waals surface area contributed by atoms with Crippen LogP contribution >= 0.6 is 23.8 Å². The Bertz CT molecular complexity index is 950. The van der Waals surface area contributed by atoms with E-state index >= 15 is 0 Å². The average molecular weight is 438 g/mol. The minimum absolute atomic E-state index is 0.280. The van der Waals surface area contributed by atoms with Gasteiger partial charge in [0.1, 0.15) is 11.4 Å². The SMILES string of the molecule is FC(F)(F)c1cccc(N2C(=S)N=C(Nc3ccc(Cl)cc3)C23CCCCC3)c1. The van der Waals surface area contributed by atoms with Crippen LogP contribution in [-0.4, -0.2) is 16.5 Å². The molecule has 1 N–H and O–H groups in total. The highest BCUT2D eigenvalue weighted by molar-refractivity contribution is 7.80. The van der Waals surface area contributed by atoms with E-state index in [4.69, 9.17) is 23.8 Å². The number of halogens is 4. The predicted octanol–water partition coefficient (Wildman–Crippen LogP) is 6.68. The summed E-state index contributed by atoms with van der Waals surface area (Å²) >= 11 is 11.5. The van der Waals surface area contributed by atoms with Crippen LogP contribution in [0.25, 0.3) is 0 Å². The molecule has 2 aromatic carbocycles. The fraction of sp³-hybridized carbons (Fsp3) is 0.333. The lowest BCUT2D eigenvalue weighted by molar-refractivity contribution is -0.137. The Kier molecular flexibility index (Phi) is 5.29. The second-order valence-electron chi connectivity index (χ2n) is 7.35. The second kappa shape index (κ2) is 7.61. The molecule has 0 atom stereocenters. The van der Waals surface area contributed by atoms with Crippen LogP contribution in [0.15, 0.2) is 53.5 Å². The summed E-state index contributed by atoms with van der Waals surface area (Å²) in [6, 6.07) is 12.5. The van der Waals surface area contributed by atoms with E-state index in [0.717, 1.165) is 49.9 Å². The van der Waals surface area contributed by atoms with Crippen LogP contribution in [0.5, 0.6) is 0 Å². The molecule has 4 rings (SSSR count). The van der Waals surface area contributed by atoms with Gasteiger partial charge in [-0.2, -0.15) is 13.2 Å². The van der Waals surface area contributed by atoms with Gasteiger partial charge < -0.3 is 10.2 Å². The number of hydrogen-bond donors (Lipinski definition) is 1. The Morgan fingerprint density at radius 3 is 2.38 bits per heavy atom. The minimum atomic E-state index is -4.41. The second-order valence-corrected chi connectivity index (χ2v) is 8.15. The zero-order valence-electron chi connectivity index (χ0n) is 15.5. The van der Waals surface area contributed by atoms with Crippen molar-refractivity contribution in [3.63, 3.8) is 0 Å². The molecule has 0 bridgehead atoms. The number of nitrogens with one attached hydrogen (secondary N) is 1. The van der Waals surface area contributed by atoms with Crippen molar-refractivity contribution in [3.8, 4) is 0 Å². The quantitative estimate of drug-likeness (QED) is 0.531. The lowest BCUT2D eigenvalue weighted by Crippen LogP contribution is -2.55. The summed E-state index contributed by atoms with van der Waals surface area (Å²) in [4.78, 5) is 6.38. The number of hydrogen-bond acceptors (Lipinski definition) is 2. The third kappa shape index (κ3) is 3.85. The van der Waals surface area contributed by atoms with Gasteiger partial charge in [-0.3, -0.25) is 0 Å². The van der Waals surface area contributed by atoms with Crippen LogP contribution < -0.4 is 10.2 Å². The molecule has 2 aliphatic rings. The number of benzene rings is 2. The highest BCUT2D eigenvalue weighted by atomic mass is 35.5. The van der Waals surface area contributed by atoms with E-state index in [1.165, 1.54) is 6.07 Å². The fourth-order valence-electron chi connectivity index (χ4n) is 4.13. The highest BCUT2D eigenvalue weighted by Crippen LogP contribution is 2.43. The van der Waals surface area contributed by atoms with E-state index < -0.39 is 17.3 Å². The zero-order valence-corrected chi connectivity index (χ0v) is 17.0. The van der Waals surface area contributed by atoms with Crippen molar-refractivity contribution >= 4 is 46.1 Å². The maximum absolute atomic E-state index is 13.3. The van der Waals surface area contributed by atoms with Gasteiger partial charge in [-0.25, -0.2) is 4.99 Å². The lowest BCUT2D eigenvalue weighted by atomic mass is 9.79. The van der Waals surface area contributed by atoms with Gasteiger partial charge >= 0.3 is 6.18 Å². The number of nitrogens with zero attached hydrogens (tertiary/aromatic N) is 2. The predicted molar refractivity (Wildman–Crippen MR) is 115 cm³/mol. The molecule has 1 fully saturated rings. The van der Waals surface area contributed by atoms with Gasteiger partial charge in [-0.15, -0.1) is 0 Å². The Balaban J connectivity index is 1.73. The molecule has 2 aromatic rings. The number of alkyl halides is 3. The molecule has 1 spiro atoms. The summed E-state index contributed by atoms with van der Waals surface area (Å²) in [5.41, 5.74) is -0.0304. The van der Waals surface area contributed by atoms with Crippen LogP contribution in [0.4, 0.5) is 24.5 Å². The van der Waals surface area contributed by atoms with Gasteiger partial charge in [-0.1, -0.05) is 36.9 Å². The molecule has 29 heavy (non-hydrogen) atoms. The molecule has 1 heterocycles. The molecule has 1 aliphatic heterocycles. The molecular formula is C21H19ClF3N3S. The van der Waals surface area contributed by atoms with Gasteiger partial charge in [-0.05, 0) is 67.5 Å². The number of aliphatic imine (C=N–C) groups is 1. The van der Waals surface area contributed by atoms with Gasteiger partial charge in [0, 0.05) is 16.4 Å². The molecule has 152 valence electrons. The van der Waals surface area contributed by atoms with E-state index in [1.807, 2.05) is 12.1 Å². The summed E-state index contributed by atoms with van der Waals surface area (Å²) in [6.45, 7) is 0. The average Bonchev–Trinajstić information content (AvgIpc) is 2.94. The Labute approximate surface area is 177 Å². The first kappa shape index (κ1) is 20.2. The van der Waals surface area contributed by atoms with Gasteiger partial charge in [0.05, 0.1) is 5.56 Å². The third-order valence-electron chi connectivity index (χ3n) is 5.49. The molecule has 0 saturated heterocycles. The standard InChI is InChI=1S/C21H19ClF3N3S/c22-15-7-9-16(10-8-15)26-18-20(11-2-1-3-12-20)28(19(29)27-18)17-6-4-5-14(13-17)21(23,24)25/h4-10,13H,1-3,11-12H2,(H,26,27,29). The first-order chi connectivity index (χ1) is 13.8. The van der Waals surface area contributed by atoms with Crippen LogP contribution in [-0.2, 0) is 6.18 Å². The maximum Gasteiger partial charge on any atom is 0.416 e. The van der Waals surface area contributed by atoms with E-state index in [1.54, 1.807) is 23.1 Å². The zero-order chi connectivity index (χ0) is 20.6. The molecular weight excluding hydrogens is 419 g/mol. The third-order valence-corrected chi connectivity index (χ3v) is 6.01. The minimum Gasteiger partial charge on any atom is -0.342 e. The van der Waals surface area contributed by atoms with Crippen LogP contribution in [0.1, 0.15) is 37.7 Å². The first-order valence-electron chi connectivity index (χ1n) is 9.43. The molecule has 0 radical (unpaired) electrons. The van der Waals surface area contributed by atoms with Crippen molar-refractivity contribution in [1.82, 2.24) is 0 Å². The summed E-state index contributed by atoms with van der Waals surface area (Å²) in [6.07, 6.45) is 0.117. The number of rotatable bonds is 2. The monoisotopic (exact) mass is 437 g/mol. The summed E-state index contributed by atoms with van der Waals surface area (Å²) < 4.78 is 39.8. The highest BCUT2D eigenvalue weighted by Gasteiger charge is 2.49. The van der Waals surface area contributed by atoms with Gasteiger partial charge in [0.2, 0.25) is 5.11 Å². The maximum atomic E-state index is 13.3. The Hall–Kier alpha value is -2.12. The van der Waals surface area contributed by atoms with Gasteiger partial charge in [0.25, 0.3) is 0 Å².